The van der Waals surface area contributed by atoms with Crippen LogP contribution in [-0.4, -0.2) is 62.7 Å². The summed E-state index contributed by atoms with van der Waals surface area (Å²) in [6.45, 7) is 13.2. The minimum Gasteiger partial charge on any atom is -0.314 e. The van der Waals surface area contributed by atoms with Crippen molar-refractivity contribution in [2.24, 2.45) is 5.92 Å². The van der Waals surface area contributed by atoms with Gasteiger partial charge in [-0.3, -0.25) is 0 Å². The highest BCUT2D eigenvalue weighted by Gasteiger charge is 2.08. The van der Waals surface area contributed by atoms with Crippen molar-refractivity contribution in [3.05, 3.63) is 0 Å². The Kier molecular flexibility index (Phi) is 7.01. The summed E-state index contributed by atoms with van der Waals surface area (Å²) in [5, 5.41) is 3.40. The number of nitrogens with zero attached hydrogens (tertiary/aromatic N) is 2. The molecule has 0 amide bonds. The maximum atomic E-state index is 3.40. The monoisotopic (exact) mass is 227 g/mol. The van der Waals surface area contributed by atoms with Gasteiger partial charge in [0.25, 0.3) is 0 Å². The summed E-state index contributed by atoms with van der Waals surface area (Å²) in [5.41, 5.74) is 0. The van der Waals surface area contributed by atoms with E-state index in [0.29, 0.717) is 0 Å². The van der Waals surface area contributed by atoms with Crippen LogP contribution < -0.4 is 5.32 Å². The average Bonchev–Trinajstić information content (AvgIpc) is 2.25. The van der Waals surface area contributed by atoms with Crippen LogP contribution in [0.3, 0.4) is 0 Å². The van der Waals surface area contributed by atoms with Crippen molar-refractivity contribution in [3.8, 4) is 0 Å². The van der Waals surface area contributed by atoms with Gasteiger partial charge in [-0.05, 0) is 38.9 Å². The van der Waals surface area contributed by atoms with Gasteiger partial charge in [0.2, 0.25) is 0 Å². The molecule has 96 valence electrons. The van der Waals surface area contributed by atoms with Gasteiger partial charge in [0.15, 0.2) is 0 Å². The smallest absolute Gasteiger partial charge is 0.0107 e. The number of nitrogens with one attached hydrogen (secondary N) is 1. The largest absolute Gasteiger partial charge is 0.314 e. The summed E-state index contributed by atoms with van der Waals surface area (Å²) >= 11 is 0. The highest BCUT2D eigenvalue weighted by Crippen LogP contribution is 2.01. The third-order valence-electron chi connectivity index (χ3n) is 3.15. The molecular formula is C13H29N3. The van der Waals surface area contributed by atoms with Crippen LogP contribution in [0, 0.1) is 5.92 Å². The Labute approximate surface area is 101 Å². The first kappa shape index (κ1) is 13.9. The fraction of sp³-hybridized carbons (Fsp3) is 1.00. The second-order valence-electron chi connectivity index (χ2n) is 5.45. The molecule has 1 saturated heterocycles. The first-order valence-electron chi connectivity index (χ1n) is 6.80. The topological polar surface area (TPSA) is 18.5 Å². The fourth-order valence-corrected chi connectivity index (χ4v) is 2.37. The summed E-state index contributed by atoms with van der Waals surface area (Å²) in [6.07, 6.45) is 2.69. The first-order valence-corrected chi connectivity index (χ1v) is 6.80. The molecule has 1 aliphatic rings. The maximum absolute atomic E-state index is 3.40. The summed E-state index contributed by atoms with van der Waals surface area (Å²) in [4.78, 5) is 5.04. The van der Waals surface area contributed by atoms with E-state index in [1.807, 2.05) is 0 Å². The van der Waals surface area contributed by atoms with E-state index in [1.165, 1.54) is 58.7 Å². The molecule has 0 aromatic carbocycles. The molecule has 0 aromatic heterocycles. The maximum Gasteiger partial charge on any atom is 0.0107 e. The quantitative estimate of drug-likeness (QED) is 0.661. The number of piperazine rings is 1. The minimum absolute atomic E-state index is 0.790. The van der Waals surface area contributed by atoms with E-state index in [0.717, 1.165) is 5.92 Å². The van der Waals surface area contributed by atoms with Gasteiger partial charge in [0.05, 0.1) is 0 Å². The molecule has 1 fully saturated rings. The highest BCUT2D eigenvalue weighted by atomic mass is 15.2. The van der Waals surface area contributed by atoms with Crippen LogP contribution in [0.25, 0.3) is 0 Å². The van der Waals surface area contributed by atoms with Crippen molar-refractivity contribution in [1.82, 2.24) is 15.1 Å². The van der Waals surface area contributed by atoms with E-state index in [1.54, 1.807) is 0 Å². The molecule has 0 atom stereocenters. The molecule has 3 heteroatoms. The second kappa shape index (κ2) is 8.04. The van der Waals surface area contributed by atoms with E-state index in [-0.39, 0.29) is 0 Å². The lowest BCUT2D eigenvalue weighted by Gasteiger charge is -2.27. The van der Waals surface area contributed by atoms with Crippen LogP contribution >= 0.6 is 0 Å². The SMILES string of the molecule is CC(C)CN(C)CCCCN1CCNCC1. The van der Waals surface area contributed by atoms with Gasteiger partial charge in [-0.2, -0.15) is 0 Å². The van der Waals surface area contributed by atoms with Crippen LogP contribution in [-0.2, 0) is 0 Å². The predicted molar refractivity (Wildman–Crippen MR) is 70.9 cm³/mol. The number of hydrogen-bond acceptors (Lipinski definition) is 3. The van der Waals surface area contributed by atoms with Crippen LogP contribution in [0.15, 0.2) is 0 Å². The van der Waals surface area contributed by atoms with Crippen molar-refractivity contribution in [2.75, 3.05) is 52.9 Å². The fourth-order valence-electron chi connectivity index (χ4n) is 2.37. The van der Waals surface area contributed by atoms with Crippen molar-refractivity contribution in [1.29, 1.82) is 0 Å². The van der Waals surface area contributed by atoms with E-state index >= 15 is 0 Å². The lowest BCUT2D eigenvalue weighted by molar-refractivity contribution is 0.227. The summed E-state index contributed by atoms with van der Waals surface area (Å²) in [6, 6.07) is 0. The van der Waals surface area contributed by atoms with Crippen LogP contribution in [0.2, 0.25) is 0 Å². The van der Waals surface area contributed by atoms with Gasteiger partial charge in [0, 0.05) is 32.7 Å². The molecule has 0 bridgehead atoms. The van der Waals surface area contributed by atoms with Crippen molar-refractivity contribution < 1.29 is 0 Å². The van der Waals surface area contributed by atoms with Crippen LogP contribution in [0.5, 0.6) is 0 Å². The number of unbranched alkanes of at least 4 members (excludes halogenated alkanes) is 1. The van der Waals surface area contributed by atoms with Gasteiger partial charge >= 0.3 is 0 Å². The Morgan fingerprint density at radius 2 is 1.88 bits per heavy atom. The molecule has 0 spiro atoms. The molecule has 16 heavy (non-hydrogen) atoms. The Morgan fingerprint density at radius 3 is 2.50 bits per heavy atom. The standard InChI is InChI=1S/C13H29N3/c1-13(2)12-15(3)8-4-5-9-16-10-6-14-7-11-16/h13-14H,4-12H2,1-3H3. The molecule has 3 nitrogen and oxygen atoms in total. The van der Waals surface area contributed by atoms with Gasteiger partial charge < -0.3 is 15.1 Å². The van der Waals surface area contributed by atoms with E-state index < -0.39 is 0 Å². The molecule has 0 aromatic rings. The molecule has 1 rings (SSSR count). The van der Waals surface area contributed by atoms with E-state index in [2.05, 4.69) is 36.0 Å². The molecule has 1 N–H and O–H groups in total. The zero-order chi connectivity index (χ0) is 11.8. The lowest BCUT2D eigenvalue weighted by atomic mass is 10.2. The Hall–Kier alpha value is -0.120. The molecular weight excluding hydrogens is 198 g/mol. The van der Waals surface area contributed by atoms with E-state index in [9.17, 15) is 0 Å². The van der Waals surface area contributed by atoms with Gasteiger partial charge in [-0.1, -0.05) is 13.8 Å². The Morgan fingerprint density at radius 1 is 1.19 bits per heavy atom. The molecule has 0 saturated carbocycles. The number of hydrogen-bond donors (Lipinski definition) is 1. The summed E-state index contributed by atoms with van der Waals surface area (Å²) in [7, 11) is 2.24. The summed E-state index contributed by atoms with van der Waals surface area (Å²) in [5.74, 6) is 0.790. The predicted octanol–water partition coefficient (Wildman–Crippen LogP) is 1.26. The zero-order valence-corrected chi connectivity index (χ0v) is 11.3. The normalized spacial score (nSPS) is 18.6. The van der Waals surface area contributed by atoms with Crippen LogP contribution in [0.4, 0.5) is 0 Å². The van der Waals surface area contributed by atoms with Crippen molar-refractivity contribution >= 4 is 0 Å². The van der Waals surface area contributed by atoms with Crippen molar-refractivity contribution in [3.63, 3.8) is 0 Å². The molecule has 0 radical (unpaired) electrons. The Bertz CT molecular complexity index is 165. The lowest BCUT2D eigenvalue weighted by Crippen LogP contribution is -2.43. The third kappa shape index (κ3) is 6.46. The Balaban J connectivity index is 1.94. The molecule has 0 aliphatic carbocycles. The third-order valence-corrected chi connectivity index (χ3v) is 3.15. The molecule has 0 unspecified atom stereocenters. The van der Waals surface area contributed by atoms with Gasteiger partial charge in [0.1, 0.15) is 0 Å². The zero-order valence-electron chi connectivity index (χ0n) is 11.3. The average molecular weight is 227 g/mol. The summed E-state index contributed by atoms with van der Waals surface area (Å²) < 4.78 is 0. The molecule has 1 heterocycles. The van der Waals surface area contributed by atoms with Gasteiger partial charge in [-0.15, -0.1) is 0 Å². The minimum atomic E-state index is 0.790. The second-order valence-corrected chi connectivity index (χ2v) is 5.45. The van der Waals surface area contributed by atoms with Gasteiger partial charge in [-0.25, -0.2) is 0 Å². The van der Waals surface area contributed by atoms with E-state index in [4.69, 9.17) is 0 Å². The van der Waals surface area contributed by atoms with Crippen LogP contribution in [0.1, 0.15) is 26.7 Å². The first-order chi connectivity index (χ1) is 7.68. The highest BCUT2D eigenvalue weighted by molar-refractivity contribution is 4.67. The number of rotatable bonds is 7. The van der Waals surface area contributed by atoms with Crippen molar-refractivity contribution in [2.45, 2.75) is 26.7 Å². The molecule has 1 aliphatic heterocycles.